The fraction of sp³-hybridized carbons (Fsp3) is 0.444. The lowest BCUT2D eigenvalue weighted by atomic mass is 10.0. The number of benzene rings is 2. The van der Waals surface area contributed by atoms with Crippen LogP contribution in [0.15, 0.2) is 41.2 Å². The minimum absolute atomic E-state index is 0.237. The summed E-state index contributed by atoms with van der Waals surface area (Å²) in [7, 11) is 5.47. The van der Waals surface area contributed by atoms with Crippen molar-refractivity contribution in [2.24, 2.45) is 7.05 Å². The number of hydrogen-bond donors (Lipinski definition) is 2. The second-order valence-corrected chi connectivity index (χ2v) is 9.63. The number of nitrogens with two attached hydrogens (primary N) is 1. The fourth-order valence-corrected chi connectivity index (χ4v) is 4.93. The molecule has 3 N–H and O–H groups in total. The molecule has 0 radical (unpaired) electrons. The second-order valence-electron chi connectivity index (χ2n) is 9.63. The number of methoxy groups -OCH3 is 1. The summed E-state index contributed by atoms with van der Waals surface area (Å²) >= 11 is 0. The molecule has 0 spiro atoms. The highest BCUT2D eigenvalue weighted by Gasteiger charge is 2.31. The van der Waals surface area contributed by atoms with E-state index in [1.165, 1.54) is 15.7 Å². The zero-order valence-electron chi connectivity index (χ0n) is 21.3. The topological polar surface area (TPSA) is 112 Å². The van der Waals surface area contributed by atoms with Crippen molar-refractivity contribution in [2.75, 3.05) is 26.4 Å². The van der Waals surface area contributed by atoms with Gasteiger partial charge in [0.2, 0.25) is 11.8 Å². The fourth-order valence-electron chi connectivity index (χ4n) is 4.93. The van der Waals surface area contributed by atoms with Gasteiger partial charge in [-0.3, -0.25) is 24.0 Å². The van der Waals surface area contributed by atoms with E-state index in [2.05, 4.69) is 17.3 Å². The van der Waals surface area contributed by atoms with Gasteiger partial charge in [0.05, 0.1) is 23.8 Å². The highest BCUT2D eigenvalue weighted by atomic mass is 16.5. The number of imide groups is 1. The van der Waals surface area contributed by atoms with E-state index in [0.717, 1.165) is 49.8 Å². The maximum absolute atomic E-state index is 12.9. The van der Waals surface area contributed by atoms with Gasteiger partial charge in [0.25, 0.3) is 0 Å². The average Bonchev–Trinajstić information content (AvgIpc) is 3.09. The third-order valence-electron chi connectivity index (χ3n) is 6.93. The van der Waals surface area contributed by atoms with Crippen LogP contribution in [0.1, 0.15) is 49.3 Å². The lowest BCUT2D eigenvalue weighted by Gasteiger charge is -2.21. The predicted molar refractivity (Wildman–Crippen MR) is 140 cm³/mol. The molecule has 0 aliphatic carbocycles. The SMILES string of the molecule is COc1cc(CN(C)CCCCCc2ccc3c(c2)n(C)c(=O)n3C2CCC(=O)NC2=O)ccc1N. The number of carbonyl (C=O) groups is 2. The van der Waals surface area contributed by atoms with E-state index < -0.39 is 11.9 Å². The first-order valence-electron chi connectivity index (χ1n) is 12.4. The number of ether oxygens (including phenoxy) is 1. The molecular weight excluding hydrogens is 458 g/mol. The van der Waals surface area contributed by atoms with Gasteiger partial charge >= 0.3 is 5.69 Å². The Bertz CT molecular complexity index is 1330. The first kappa shape index (κ1) is 25.5. The number of fused-ring (bicyclic) bond motifs is 1. The Labute approximate surface area is 210 Å². The molecule has 0 bridgehead atoms. The molecule has 192 valence electrons. The summed E-state index contributed by atoms with van der Waals surface area (Å²) < 4.78 is 8.42. The average molecular weight is 494 g/mol. The van der Waals surface area contributed by atoms with Crippen LogP contribution in [0.4, 0.5) is 5.69 Å². The highest BCUT2D eigenvalue weighted by Crippen LogP contribution is 2.25. The van der Waals surface area contributed by atoms with Crippen molar-refractivity contribution in [3.8, 4) is 5.75 Å². The summed E-state index contributed by atoms with van der Waals surface area (Å²) in [6.07, 6.45) is 4.74. The number of unbranched alkanes of at least 4 members (excludes halogenated alkanes) is 2. The van der Waals surface area contributed by atoms with Crippen molar-refractivity contribution in [1.29, 1.82) is 0 Å². The molecule has 1 aliphatic rings. The van der Waals surface area contributed by atoms with Crippen molar-refractivity contribution in [2.45, 2.75) is 51.1 Å². The molecule has 9 nitrogen and oxygen atoms in total. The van der Waals surface area contributed by atoms with Gasteiger partial charge in [0.15, 0.2) is 0 Å². The maximum atomic E-state index is 12.9. The number of aromatic nitrogens is 2. The molecule has 1 unspecified atom stereocenters. The number of nitrogens with zero attached hydrogens (tertiary/aromatic N) is 3. The van der Waals surface area contributed by atoms with Crippen molar-refractivity contribution < 1.29 is 14.3 Å². The Morgan fingerprint density at radius 3 is 2.58 bits per heavy atom. The number of imidazole rings is 1. The summed E-state index contributed by atoms with van der Waals surface area (Å²) in [4.78, 5) is 39.1. The summed E-state index contributed by atoms with van der Waals surface area (Å²) in [6, 6.07) is 11.2. The van der Waals surface area contributed by atoms with E-state index >= 15 is 0 Å². The monoisotopic (exact) mass is 493 g/mol. The van der Waals surface area contributed by atoms with Crippen LogP contribution >= 0.6 is 0 Å². The number of amides is 2. The molecule has 4 rings (SSSR count). The molecule has 1 aromatic heterocycles. The molecule has 9 heteroatoms. The van der Waals surface area contributed by atoms with E-state index in [1.807, 2.05) is 36.4 Å². The summed E-state index contributed by atoms with van der Waals surface area (Å²) in [6.45, 7) is 1.83. The van der Waals surface area contributed by atoms with Crippen molar-refractivity contribution in [3.05, 3.63) is 58.0 Å². The van der Waals surface area contributed by atoms with E-state index in [4.69, 9.17) is 10.5 Å². The molecular formula is C27H35N5O4. The predicted octanol–water partition coefficient (Wildman–Crippen LogP) is 2.75. The molecule has 3 aromatic rings. The number of nitrogen functional groups attached to an aromatic ring is 1. The lowest BCUT2D eigenvalue weighted by molar-refractivity contribution is -0.135. The van der Waals surface area contributed by atoms with Gasteiger partial charge in [-0.2, -0.15) is 0 Å². The van der Waals surface area contributed by atoms with Crippen LogP contribution in [0, 0.1) is 0 Å². The Hall–Kier alpha value is -3.59. The third-order valence-corrected chi connectivity index (χ3v) is 6.93. The van der Waals surface area contributed by atoms with Crippen molar-refractivity contribution >= 4 is 28.5 Å². The normalized spacial score (nSPS) is 16.1. The smallest absolute Gasteiger partial charge is 0.329 e. The van der Waals surface area contributed by atoms with E-state index in [1.54, 1.807) is 18.7 Å². The number of anilines is 1. The Morgan fingerprint density at radius 1 is 1.06 bits per heavy atom. The summed E-state index contributed by atoms with van der Waals surface area (Å²) in [5.41, 5.74) is 10.2. The maximum Gasteiger partial charge on any atom is 0.329 e. The molecule has 36 heavy (non-hydrogen) atoms. The van der Waals surface area contributed by atoms with Crippen LogP contribution in [0.25, 0.3) is 11.0 Å². The highest BCUT2D eigenvalue weighted by molar-refractivity contribution is 6.00. The zero-order chi connectivity index (χ0) is 25.8. The molecule has 1 fully saturated rings. The largest absolute Gasteiger partial charge is 0.495 e. The Kier molecular flexibility index (Phi) is 7.79. The number of piperidine rings is 1. The van der Waals surface area contributed by atoms with Crippen LogP contribution in [-0.2, 0) is 29.6 Å². The minimum Gasteiger partial charge on any atom is -0.495 e. The quantitative estimate of drug-likeness (QED) is 0.255. The Morgan fingerprint density at radius 2 is 1.83 bits per heavy atom. The molecule has 2 aromatic carbocycles. The van der Waals surface area contributed by atoms with E-state index in [9.17, 15) is 14.4 Å². The van der Waals surface area contributed by atoms with Crippen LogP contribution in [0.2, 0.25) is 0 Å². The van der Waals surface area contributed by atoms with Gasteiger partial charge in [-0.1, -0.05) is 18.6 Å². The molecule has 2 amide bonds. The number of hydrogen-bond acceptors (Lipinski definition) is 6. The first-order chi connectivity index (χ1) is 17.3. The number of carbonyl (C=O) groups excluding carboxylic acids is 2. The Balaban J connectivity index is 1.31. The van der Waals surface area contributed by atoms with Crippen molar-refractivity contribution in [1.82, 2.24) is 19.4 Å². The standard InChI is InChI=1S/C27H35N5O4/c1-30(17-19-8-10-20(28)24(16-19)36-3)14-6-4-5-7-18-9-11-21-23(15-18)31(2)27(35)32(21)22-12-13-25(33)29-26(22)34/h8-11,15-16,22H,4-7,12-14,17,28H2,1-3H3,(H,29,33,34). The molecule has 1 atom stereocenters. The molecule has 1 saturated heterocycles. The second kappa shape index (κ2) is 11.0. The van der Waals surface area contributed by atoms with E-state index in [0.29, 0.717) is 17.9 Å². The van der Waals surface area contributed by atoms with Crippen molar-refractivity contribution in [3.63, 3.8) is 0 Å². The van der Waals surface area contributed by atoms with Crippen LogP contribution in [-0.4, -0.2) is 46.6 Å². The van der Waals surface area contributed by atoms with Crippen LogP contribution < -0.4 is 21.5 Å². The first-order valence-corrected chi connectivity index (χ1v) is 12.4. The molecule has 1 aliphatic heterocycles. The number of aryl methyl sites for hydroxylation is 2. The van der Waals surface area contributed by atoms with E-state index in [-0.39, 0.29) is 18.0 Å². The molecule has 0 saturated carbocycles. The van der Waals surface area contributed by atoms with Gasteiger partial charge in [-0.05, 0) is 74.7 Å². The van der Waals surface area contributed by atoms with Crippen LogP contribution in [0.3, 0.4) is 0 Å². The van der Waals surface area contributed by atoms with Gasteiger partial charge < -0.3 is 15.4 Å². The summed E-state index contributed by atoms with van der Waals surface area (Å²) in [5.74, 6) is 0.0109. The summed E-state index contributed by atoms with van der Waals surface area (Å²) in [5, 5.41) is 2.35. The number of rotatable bonds is 10. The van der Waals surface area contributed by atoms with Gasteiger partial charge in [0.1, 0.15) is 11.8 Å². The van der Waals surface area contributed by atoms with Gasteiger partial charge in [0, 0.05) is 20.0 Å². The van der Waals surface area contributed by atoms with Crippen LogP contribution in [0.5, 0.6) is 5.75 Å². The lowest BCUT2D eigenvalue weighted by Crippen LogP contribution is -2.44. The van der Waals surface area contributed by atoms with Gasteiger partial charge in [-0.25, -0.2) is 4.79 Å². The number of nitrogens with one attached hydrogen (secondary N) is 1. The minimum atomic E-state index is -0.656. The van der Waals surface area contributed by atoms with Gasteiger partial charge in [-0.15, -0.1) is 0 Å². The zero-order valence-corrected chi connectivity index (χ0v) is 21.3. The third kappa shape index (κ3) is 5.46. The molecule has 2 heterocycles.